The number of ether oxygens (including phenoxy) is 3. The first-order valence-corrected chi connectivity index (χ1v) is 6.55. The summed E-state index contributed by atoms with van der Waals surface area (Å²) in [6.07, 6.45) is 2.73. The lowest BCUT2D eigenvalue weighted by Gasteiger charge is -2.32. The van der Waals surface area contributed by atoms with Crippen molar-refractivity contribution in [2.45, 2.75) is 45.3 Å². The van der Waals surface area contributed by atoms with Crippen molar-refractivity contribution in [3.05, 3.63) is 0 Å². The zero-order chi connectivity index (χ0) is 12.3. The van der Waals surface area contributed by atoms with E-state index in [1.807, 2.05) is 0 Å². The normalized spacial score (nSPS) is 38.7. The molecule has 98 valence electrons. The lowest BCUT2D eigenvalue weighted by molar-refractivity contribution is -0.178. The summed E-state index contributed by atoms with van der Waals surface area (Å²) in [5.41, 5.74) is 0. The van der Waals surface area contributed by atoms with Crippen LogP contribution in [0.5, 0.6) is 0 Å². The highest BCUT2D eigenvalue weighted by Gasteiger charge is 2.30. The minimum absolute atomic E-state index is 0.0618. The second kappa shape index (κ2) is 5.83. The smallest absolute Gasteiger partial charge is 0.337 e. The van der Waals surface area contributed by atoms with Crippen LogP contribution in [0.25, 0.3) is 0 Å². The van der Waals surface area contributed by atoms with Gasteiger partial charge in [0.2, 0.25) is 0 Å². The van der Waals surface area contributed by atoms with Gasteiger partial charge in [0.1, 0.15) is 6.10 Å². The first-order valence-electron chi connectivity index (χ1n) is 6.55. The summed E-state index contributed by atoms with van der Waals surface area (Å²) >= 11 is 0. The van der Waals surface area contributed by atoms with Gasteiger partial charge in [0.25, 0.3) is 0 Å². The number of esters is 1. The van der Waals surface area contributed by atoms with Crippen molar-refractivity contribution in [3.63, 3.8) is 0 Å². The first kappa shape index (κ1) is 12.8. The third kappa shape index (κ3) is 3.68. The Bertz CT molecular complexity index is 250. The van der Waals surface area contributed by atoms with Crippen LogP contribution in [-0.4, -0.2) is 38.0 Å². The fourth-order valence-corrected chi connectivity index (χ4v) is 2.83. The molecule has 0 bridgehead atoms. The van der Waals surface area contributed by atoms with E-state index in [4.69, 9.17) is 14.2 Å². The van der Waals surface area contributed by atoms with Crippen LogP contribution in [0.15, 0.2) is 0 Å². The number of rotatable bonds is 2. The first-order chi connectivity index (χ1) is 8.15. The van der Waals surface area contributed by atoms with Gasteiger partial charge in [0, 0.05) is 0 Å². The Morgan fingerprint density at radius 3 is 2.41 bits per heavy atom. The molecular formula is C13H22O4. The van der Waals surface area contributed by atoms with E-state index in [-0.39, 0.29) is 12.1 Å². The Hall–Kier alpha value is -0.610. The molecule has 0 spiro atoms. The second-order valence-corrected chi connectivity index (χ2v) is 5.41. The Balaban J connectivity index is 1.80. The molecule has 1 aliphatic heterocycles. The number of hydrogen-bond acceptors (Lipinski definition) is 4. The topological polar surface area (TPSA) is 44.8 Å². The summed E-state index contributed by atoms with van der Waals surface area (Å²) in [5.74, 6) is 1.02. The Labute approximate surface area is 103 Å². The molecule has 1 aliphatic carbocycles. The van der Waals surface area contributed by atoms with E-state index in [1.54, 1.807) is 0 Å². The number of hydrogen-bond donors (Lipinski definition) is 0. The van der Waals surface area contributed by atoms with Crippen molar-refractivity contribution in [1.29, 1.82) is 0 Å². The molecule has 0 radical (unpaired) electrons. The average Bonchev–Trinajstić information content (AvgIpc) is 2.28. The largest absolute Gasteiger partial charge is 0.460 e. The van der Waals surface area contributed by atoms with Gasteiger partial charge in [0.15, 0.2) is 6.10 Å². The van der Waals surface area contributed by atoms with E-state index in [2.05, 4.69) is 13.8 Å². The molecule has 2 rings (SSSR count). The summed E-state index contributed by atoms with van der Waals surface area (Å²) in [5, 5.41) is 0. The van der Waals surface area contributed by atoms with Crippen LogP contribution in [-0.2, 0) is 19.0 Å². The van der Waals surface area contributed by atoms with Crippen molar-refractivity contribution < 1.29 is 19.0 Å². The third-order valence-corrected chi connectivity index (χ3v) is 3.50. The van der Waals surface area contributed by atoms with Gasteiger partial charge in [0.05, 0.1) is 19.8 Å². The van der Waals surface area contributed by atoms with E-state index in [0.29, 0.717) is 31.7 Å². The summed E-state index contributed by atoms with van der Waals surface area (Å²) < 4.78 is 16.1. The maximum absolute atomic E-state index is 11.9. The highest BCUT2D eigenvalue weighted by molar-refractivity contribution is 5.75. The number of carbonyl (C=O) groups is 1. The van der Waals surface area contributed by atoms with Crippen LogP contribution in [0, 0.1) is 11.8 Å². The molecule has 2 aliphatic rings. The third-order valence-electron chi connectivity index (χ3n) is 3.50. The van der Waals surface area contributed by atoms with Crippen molar-refractivity contribution in [2.75, 3.05) is 19.8 Å². The lowest BCUT2D eigenvalue weighted by atomic mass is 9.82. The number of carbonyl (C=O) groups excluding carboxylic acids is 1. The van der Waals surface area contributed by atoms with Crippen LogP contribution >= 0.6 is 0 Å². The van der Waals surface area contributed by atoms with Gasteiger partial charge in [-0.25, -0.2) is 4.79 Å². The van der Waals surface area contributed by atoms with E-state index in [0.717, 1.165) is 12.8 Å². The molecule has 4 heteroatoms. The van der Waals surface area contributed by atoms with Gasteiger partial charge < -0.3 is 14.2 Å². The SMILES string of the molecule is C[C@@H]1CC(OC(=O)[C@H]2COCCO2)C[C@H](C)C1. The maximum Gasteiger partial charge on any atom is 0.337 e. The molecule has 2 fully saturated rings. The fraction of sp³-hybridized carbons (Fsp3) is 0.923. The minimum Gasteiger partial charge on any atom is -0.460 e. The Morgan fingerprint density at radius 2 is 1.82 bits per heavy atom. The van der Waals surface area contributed by atoms with Crippen molar-refractivity contribution in [2.24, 2.45) is 11.8 Å². The van der Waals surface area contributed by atoms with Crippen molar-refractivity contribution >= 4 is 5.97 Å². The van der Waals surface area contributed by atoms with E-state index < -0.39 is 6.10 Å². The van der Waals surface area contributed by atoms with Crippen LogP contribution < -0.4 is 0 Å². The van der Waals surface area contributed by atoms with Crippen LogP contribution in [0.2, 0.25) is 0 Å². The summed E-state index contributed by atoms with van der Waals surface area (Å²) in [6, 6.07) is 0. The second-order valence-electron chi connectivity index (χ2n) is 5.41. The fourth-order valence-electron chi connectivity index (χ4n) is 2.83. The standard InChI is InChI=1S/C13H22O4/c1-9-5-10(2)7-11(6-9)17-13(14)12-8-15-3-4-16-12/h9-12H,3-8H2,1-2H3/t9-,10+,11?,12-/m1/s1. The molecule has 0 amide bonds. The zero-order valence-corrected chi connectivity index (χ0v) is 10.7. The van der Waals surface area contributed by atoms with Crippen LogP contribution in [0.3, 0.4) is 0 Å². The van der Waals surface area contributed by atoms with Crippen molar-refractivity contribution in [1.82, 2.24) is 0 Å². The molecule has 1 saturated carbocycles. The molecule has 1 unspecified atom stereocenters. The molecular weight excluding hydrogens is 220 g/mol. The molecule has 0 aromatic rings. The molecule has 4 atom stereocenters. The average molecular weight is 242 g/mol. The van der Waals surface area contributed by atoms with E-state index in [1.165, 1.54) is 6.42 Å². The maximum atomic E-state index is 11.9. The molecule has 0 N–H and O–H groups in total. The van der Waals surface area contributed by atoms with Gasteiger partial charge in [-0.1, -0.05) is 13.8 Å². The van der Waals surface area contributed by atoms with E-state index >= 15 is 0 Å². The van der Waals surface area contributed by atoms with Crippen LogP contribution in [0.1, 0.15) is 33.1 Å². The Morgan fingerprint density at radius 1 is 1.12 bits per heavy atom. The summed E-state index contributed by atoms with van der Waals surface area (Å²) in [4.78, 5) is 11.9. The van der Waals surface area contributed by atoms with E-state index in [9.17, 15) is 4.79 Å². The quantitative estimate of drug-likeness (QED) is 0.692. The summed E-state index contributed by atoms with van der Waals surface area (Å²) in [7, 11) is 0. The predicted molar refractivity (Wildman–Crippen MR) is 62.6 cm³/mol. The van der Waals surface area contributed by atoms with Crippen molar-refractivity contribution in [3.8, 4) is 0 Å². The summed E-state index contributed by atoms with van der Waals surface area (Å²) in [6.45, 7) is 5.82. The molecule has 1 saturated heterocycles. The van der Waals surface area contributed by atoms with Gasteiger partial charge in [-0.3, -0.25) is 0 Å². The molecule has 4 nitrogen and oxygen atoms in total. The molecule has 0 aromatic heterocycles. The monoisotopic (exact) mass is 242 g/mol. The highest BCUT2D eigenvalue weighted by atomic mass is 16.6. The lowest BCUT2D eigenvalue weighted by Crippen LogP contribution is -2.39. The predicted octanol–water partition coefficient (Wildman–Crippen LogP) is 1.77. The molecule has 1 heterocycles. The minimum atomic E-state index is -0.517. The van der Waals surface area contributed by atoms with Gasteiger partial charge in [-0.05, 0) is 31.1 Å². The zero-order valence-electron chi connectivity index (χ0n) is 10.7. The molecule has 17 heavy (non-hydrogen) atoms. The highest BCUT2D eigenvalue weighted by Crippen LogP contribution is 2.30. The van der Waals surface area contributed by atoms with Gasteiger partial charge in [-0.15, -0.1) is 0 Å². The van der Waals surface area contributed by atoms with Gasteiger partial charge >= 0.3 is 5.97 Å². The van der Waals surface area contributed by atoms with Crippen LogP contribution in [0.4, 0.5) is 0 Å². The van der Waals surface area contributed by atoms with Gasteiger partial charge in [-0.2, -0.15) is 0 Å². The Kier molecular flexibility index (Phi) is 4.40. The molecule has 0 aromatic carbocycles.